The first-order valence-corrected chi connectivity index (χ1v) is 7.48. The molecule has 1 aromatic rings. The van der Waals surface area contributed by atoms with E-state index in [9.17, 15) is 0 Å². The van der Waals surface area contributed by atoms with Crippen molar-refractivity contribution in [2.24, 2.45) is 0 Å². The molecule has 0 bridgehead atoms. The van der Waals surface area contributed by atoms with Gasteiger partial charge in [-0.2, -0.15) is 12.6 Å². The molecule has 0 aliphatic rings. The SMILES string of the molecule is CO[Si](OC)(OC)C(CS)c1ccccc1. The van der Waals surface area contributed by atoms with Gasteiger partial charge in [0.2, 0.25) is 0 Å². The van der Waals surface area contributed by atoms with Crippen molar-refractivity contribution >= 4 is 21.4 Å². The lowest BCUT2D eigenvalue weighted by Gasteiger charge is -2.31. The predicted octanol–water partition coefficient (Wildman–Crippen LogP) is 2.12. The zero-order valence-electron chi connectivity index (χ0n) is 9.84. The number of rotatable bonds is 6. The molecular formula is C11H18O3SSi. The van der Waals surface area contributed by atoms with Crippen molar-refractivity contribution in [1.29, 1.82) is 0 Å². The fourth-order valence-electron chi connectivity index (χ4n) is 1.78. The summed E-state index contributed by atoms with van der Waals surface area (Å²) >= 11 is 4.38. The van der Waals surface area contributed by atoms with Crippen LogP contribution in [0.25, 0.3) is 0 Å². The molecule has 1 rings (SSSR count). The largest absolute Gasteiger partial charge is 0.508 e. The van der Waals surface area contributed by atoms with Crippen molar-refractivity contribution in [2.45, 2.75) is 5.54 Å². The van der Waals surface area contributed by atoms with Crippen LogP contribution in [0.4, 0.5) is 0 Å². The molecule has 1 aromatic carbocycles. The smallest absolute Gasteiger partial charge is 0.376 e. The van der Waals surface area contributed by atoms with Crippen LogP contribution in [0.3, 0.4) is 0 Å². The van der Waals surface area contributed by atoms with Crippen molar-refractivity contribution in [1.82, 2.24) is 0 Å². The van der Waals surface area contributed by atoms with Crippen molar-refractivity contribution in [3.05, 3.63) is 35.9 Å². The second kappa shape index (κ2) is 6.41. The van der Waals surface area contributed by atoms with E-state index in [0.717, 1.165) is 5.56 Å². The number of hydrogen-bond acceptors (Lipinski definition) is 4. The Morgan fingerprint density at radius 1 is 1.06 bits per heavy atom. The lowest BCUT2D eigenvalue weighted by Crippen LogP contribution is -2.50. The average Bonchev–Trinajstić information content (AvgIpc) is 2.37. The summed E-state index contributed by atoms with van der Waals surface area (Å²) in [6, 6.07) is 10.0. The maximum absolute atomic E-state index is 5.49. The van der Waals surface area contributed by atoms with E-state index in [1.807, 2.05) is 30.3 Å². The van der Waals surface area contributed by atoms with Gasteiger partial charge in [-0.3, -0.25) is 0 Å². The number of thiol groups is 1. The van der Waals surface area contributed by atoms with Gasteiger partial charge in [-0.15, -0.1) is 0 Å². The normalized spacial score (nSPS) is 13.8. The lowest BCUT2D eigenvalue weighted by molar-refractivity contribution is 0.115. The third-order valence-electron chi connectivity index (χ3n) is 2.66. The van der Waals surface area contributed by atoms with Gasteiger partial charge in [0.15, 0.2) is 0 Å². The molecule has 0 N–H and O–H groups in total. The first-order chi connectivity index (χ1) is 7.74. The van der Waals surface area contributed by atoms with Crippen molar-refractivity contribution < 1.29 is 13.3 Å². The highest BCUT2D eigenvalue weighted by atomic mass is 32.1. The van der Waals surface area contributed by atoms with Crippen LogP contribution in [0.1, 0.15) is 11.1 Å². The first kappa shape index (κ1) is 13.7. The van der Waals surface area contributed by atoms with Crippen LogP contribution in [0.2, 0.25) is 0 Å². The van der Waals surface area contributed by atoms with E-state index in [1.165, 1.54) is 0 Å². The van der Waals surface area contributed by atoms with E-state index in [1.54, 1.807) is 21.3 Å². The zero-order chi connectivity index (χ0) is 12.0. The Morgan fingerprint density at radius 3 is 1.94 bits per heavy atom. The quantitative estimate of drug-likeness (QED) is 0.625. The van der Waals surface area contributed by atoms with E-state index in [-0.39, 0.29) is 5.54 Å². The van der Waals surface area contributed by atoms with E-state index >= 15 is 0 Å². The third kappa shape index (κ3) is 2.67. The molecule has 1 atom stereocenters. The summed E-state index contributed by atoms with van der Waals surface area (Å²) < 4.78 is 16.5. The van der Waals surface area contributed by atoms with Crippen LogP contribution in [0.5, 0.6) is 0 Å². The highest BCUT2D eigenvalue weighted by molar-refractivity contribution is 7.80. The highest BCUT2D eigenvalue weighted by Crippen LogP contribution is 2.29. The lowest BCUT2D eigenvalue weighted by atomic mass is 10.2. The molecular weight excluding hydrogens is 240 g/mol. The second-order valence-electron chi connectivity index (χ2n) is 3.36. The van der Waals surface area contributed by atoms with Gasteiger partial charge >= 0.3 is 8.80 Å². The summed E-state index contributed by atoms with van der Waals surface area (Å²) in [7, 11) is 2.21. The fourth-order valence-corrected chi connectivity index (χ4v) is 4.84. The Hall–Kier alpha value is -0.333. The Labute approximate surface area is 104 Å². The Bertz CT molecular complexity index is 295. The van der Waals surface area contributed by atoms with Gasteiger partial charge in [0.25, 0.3) is 0 Å². The molecule has 16 heavy (non-hydrogen) atoms. The molecule has 0 spiro atoms. The minimum atomic E-state index is -2.66. The molecule has 0 saturated heterocycles. The monoisotopic (exact) mass is 258 g/mol. The van der Waals surface area contributed by atoms with E-state index in [0.29, 0.717) is 5.75 Å². The summed E-state index contributed by atoms with van der Waals surface area (Å²) in [6.07, 6.45) is 0. The van der Waals surface area contributed by atoms with Crippen LogP contribution >= 0.6 is 12.6 Å². The van der Waals surface area contributed by atoms with E-state index < -0.39 is 8.80 Å². The van der Waals surface area contributed by atoms with Crippen LogP contribution in [0.15, 0.2) is 30.3 Å². The molecule has 0 saturated carbocycles. The molecule has 1 unspecified atom stereocenters. The van der Waals surface area contributed by atoms with Gasteiger partial charge < -0.3 is 13.3 Å². The number of hydrogen-bond donors (Lipinski definition) is 1. The summed E-state index contributed by atoms with van der Waals surface area (Å²) in [5.41, 5.74) is 1.19. The van der Waals surface area contributed by atoms with Crippen molar-refractivity contribution in [3.8, 4) is 0 Å². The van der Waals surface area contributed by atoms with Crippen molar-refractivity contribution in [2.75, 3.05) is 27.1 Å². The van der Waals surface area contributed by atoms with Crippen LogP contribution in [0, 0.1) is 0 Å². The van der Waals surface area contributed by atoms with Gasteiger partial charge in [0, 0.05) is 27.1 Å². The maximum atomic E-state index is 5.49. The Kier molecular flexibility index (Phi) is 5.50. The molecule has 0 aliphatic heterocycles. The Balaban J connectivity index is 3.05. The minimum absolute atomic E-state index is 0.0528. The predicted molar refractivity (Wildman–Crippen MR) is 69.8 cm³/mol. The second-order valence-corrected chi connectivity index (χ2v) is 6.86. The van der Waals surface area contributed by atoms with Gasteiger partial charge in [-0.05, 0) is 5.56 Å². The molecule has 5 heteroatoms. The van der Waals surface area contributed by atoms with Gasteiger partial charge in [-0.1, -0.05) is 30.3 Å². The van der Waals surface area contributed by atoms with Gasteiger partial charge in [-0.25, -0.2) is 0 Å². The van der Waals surface area contributed by atoms with E-state index in [4.69, 9.17) is 13.3 Å². The maximum Gasteiger partial charge on any atom is 0.508 e. The minimum Gasteiger partial charge on any atom is -0.376 e. The molecule has 0 aromatic heterocycles. The summed E-state index contributed by atoms with van der Waals surface area (Å²) in [5.74, 6) is 0.631. The van der Waals surface area contributed by atoms with Crippen LogP contribution < -0.4 is 0 Å². The fraction of sp³-hybridized carbons (Fsp3) is 0.455. The van der Waals surface area contributed by atoms with E-state index in [2.05, 4.69) is 12.6 Å². The Morgan fingerprint density at radius 2 is 1.56 bits per heavy atom. The third-order valence-corrected chi connectivity index (χ3v) is 6.47. The summed E-state index contributed by atoms with van der Waals surface area (Å²) in [4.78, 5) is 0. The van der Waals surface area contributed by atoms with Crippen LogP contribution in [-0.4, -0.2) is 35.9 Å². The summed E-state index contributed by atoms with van der Waals surface area (Å²) in [6.45, 7) is 0. The average molecular weight is 258 g/mol. The van der Waals surface area contributed by atoms with Crippen molar-refractivity contribution in [3.63, 3.8) is 0 Å². The molecule has 0 aliphatic carbocycles. The molecule has 0 amide bonds. The molecule has 0 heterocycles. The molecule has 0 radical (unpaired) electrons. The summed E-state index contributed by atoms with van der Waals surface area (Å²) in [5, 5.41) is 0. The molecule has 90 valence electrons. The van der Waals surface area contributed by atoms with Crippen LogP contribution in [-0.2, 0) is 13.3 Å². The van der Waals surface area contributed by atoms with Gasteiger partial charge in [0.1, 0.15) is 0 Å². The molecule has 3 nitrogen and oxygen atoms in total. The first-order valence-electron chi connectivity index (χ1n) is 5.05. The standard InChI is InChI=1S/C11H18O3SSi/c1-12-16(13-2,14-3)11(9-15)10-7-5-4-6-8-10/h4-8,11,15H,9H2,1-3H3. The van der Waals surface area contributed by atoms with Gasteiger partial charge in [0.05, 0.1) is 5.54 Å². The molecule has 0 fully saturated rings. The highest BCUT2D eigenvalue weighted by Gasteiger charge is 2.47. The zero-order valence-corrected chi connectivity index (χ0v) is 11.7. The topological polar surface area (TPSA) is 27.7 Å². The number of benzene rings is 1.